The third-order valence-electron chi connectivity index (χ3n) is 4.07. The van der Waals surface area contributed by atoms with Gasteiger partial charge in [-0.3, -0.25) is 4.99 Å². The highest BCUT2D eigenvalue weighted by Crippen LogP contribution is 2.33. The minimum absolute atomic E-state index is 0.365. The normalized spacial score (nSPS) is 35.1. The molecule has 17 heavy (non-hydrogen) atoms. The molecule has 0 radical (unpaired) electrons. The minimum atomic E-state index is 0.365. The Hall–Kier alpha value is -0.770. The Bertz CT molecular complexity index is 273. The lowest BCUT2D eigenvalue weighted by Crippen LogP contribution is -2.51. The summed E-state index contributed by atoms with van der Waals surface area (Å²) in [6.07, 6.45) is 6.39. The monoisotopic (exact) mass is 238 g/mol. The van der Waals surface area contributed by atoms with Gasteiger partial charge in [-0.15, -0.1) is 0 Å². The minimum Gasteiger partial charge on any atom is -0.370 e. The maximum Gasteiger partial charge on any atom is 0.189 e. The fraction of sp³-hybridized carbons (Fsp3) is 0.923. The Kier molecular flexibility index (Phi) is 3.92. The van der Waals surface area contributed by atoms with Crippen LogP contribution in [0.4, 0.5) is 0 Å². The average Bonchev–Trinajstić information content (AvgIpc) is 2.18. The molecule has 0 amide bonds. The molecule has 2 atom stereocenters. The van der Waals surface area contributed by atoms with Crippen LogP contribution in [0.2, 0.25) is 0 Å². The molecule has 2 unspecified atom stereocenters. The van der Waals surface area contributed by atoms with Gasteiger partial charge in [-0.05, 0) is 46.6 Å². The van der Waals surface area contributed by atoms with Crippen molar-refractivity contribution in [1.29, 1.82) is 0 Å². The number of rotatable bonds is 2. The van der Waals surface area contributed by atoms with Crippen LogP contribution in [-0.4, -0.2) is 42.1 Å². The highest BCUT2D eigenvalue weighted by Gasteiger charge is 2.35. The second-order valence-electron chi connectivity index (χ2n) is 5.84. The van der Waals surface area contributed by atoms with Gasteiger partial charge in [-0.2, -0.15) is 0 Å². The molecule has 0 aromatic carbocycles. The molecule has 0 aromatic heterocycles. The maximum absolute atomic E-state index is 5.92. The zero-order valence-electron chi connectivity index (χ0n) is 11.3. The van der Waals surface area contributed by atoms with Crippen molar-refractivity contribution in [3.05, 3.63) is 0 Å². The quantitative estimate of drug-likeness (QED) is 0.563. The number of aliphatic imine (C=N–C) groups is 1. The van der Waals surface area contributed by atoms with Crippen molar-refractivity contribution in [3.8, 4) is 0 Å². The summed E-state index contributed by atoms with van der Waals surface area (Å²) in [5.74, 6) is 0.618. The van der Waals surface area contributed by atoms with Crippen molar-refractivity contribution >= 4 is 5.96 Å². The van der Waals surface area contributed by atoms with E-state index < -0.39 is 0 Å². The zero-order chi connectivity index (χ0) is 12.4. The van der Waals surface area contributed by atoms with Gasteiger partial charge in [0.25, 0.3) is 0 Å². The van der Waals surface area contributed by atoms with Crippen LogP contribution in [0.25, 0.3) is 0 Å². The number of hydrogen-bond acceptors (Lipinski definition) is 2. The second-order valence-corrected chi connectivity index (χ2v) is 5.84. The van der Waals surface area contributed by atoms with Crippen molar-refractivity contribution < 1.29 is 0 Å². The van der Waals surface area contributed by atoms with Gasteiger partial charge in [0.1, 0.15) is 0 Å². The summed E-state index contributed by atoms with van der Waals surface area (Å²) in [7, 11) is 2.27. The number of nitrogens with zero attached hydrogens (tertiary/aromatic N) is 2. The molecule has 2 fully saturated rings. The first-order valence-corrected chi connectivity index (χ1v) is 6.88. The van der Waals surface area contributed by atoms with Crippen LogP contribution in [0.3, 0.4) is 0 Å². The molecule has 0 aromatic rings. The summed E-state index contributed by atoms with van der Waals surface area (Å²) in [6, 6.07) is 2.24. The predicted molar refractivity (Wildman–Crippen MR) is 72.1 cm³/mol. The van der Waals surface area contributed by atoms with Gasteiger partial charge >= 0.3 is 0 Å². The summed E-state index contributed by atoms with van der Waals surface area (Å²) in [5.41, 5.74) is 5.92. The summed E-state index contributed by atoms with van der Waals surface area (Å²) >= 11 is 0. The van der Waals surface area contributed by atoms with E-state index in [4.69, 9.17) is 5.73 Å². The highest BCUT2D eigenvalue weighted by atomic mass is 15.2. The molecular weight excluding hydrogens is 212 g/mol. The van der Waals surface area contributed by atoms with Crippen LogP contribution in [-0.2, 0) is 0 Å². The van der Waals surface area contributed by atoms with Gasteiger partial charge < -0.3 is 16.0 Å². The number of nitrogens with two attached hydrogens (primary N) is 1. The molecule has 4 heteroatoms. The van der Waals surface area contributed by atoms with E-state index in [1.165, 1.54) is 32.1 Å². The van der Waals surface area contributed by atoms with Crippen LogP contribution in [0.5, 0.6) is 0 Å². The Labute approximate surface area is 105 Å². The van der Waals surface area contributed by atoms with Crippen LogP contribution >= 0.6 is 0 Å². The molecule has 0 spiro atoms. The first-order chi connectivity index (χ1) is 8.06. The second kappa shape index (κ2) is 5.25. The van der Waals surface area contributed by atoms with Gasteiger partial charge in [0.05, 0.1) is 6.04 Å². The van der Waals surface area contributed by atoms with Gasteiger partial charge in [-0.25, -0.2) is 0 Å². The average molecular weight is 238 g/mol. The van der Waals surface area contributed by atoms with E-state index in [-0.39, 0.29) is 0 Å². The largest absolute Gasteiger partial charge is 0.370 e. The van der Waals surface area contributed by atoms with E-state index in [9.17, 15) is 0 Å². The lowest BCUT2D eigenvalue weighted by Gasteiger charge is -2.46. The SMILES string of the molecule is CC(C)NC(N)=NC1CC2CCCC(C1)N2C. The van der Waals surface area contributed by atoms with E-state index in [0.29, 0.717) is 18.0 Å². The van der Waals surface area contributed by atoms with Crippen molar-refractivity contribution in [2.75, 3.05) is 7.05 Å². The fourth-order valence-electron chi connectivity index (χ4n) is 3.22. The highest BCUT2D eigenvalue weighted by molar-refractivity contribution is 5.78. The Balaban J connectivity index is 1.95. The number of fused-ring (bicyclic) bond motifs is 2. The van der Waals surface area contributed by atoms with Crippen molar-refractivity contribution in [2.45, 2.75) is 70.1 Å². The smallest absolute Gasteiger partial charge is 0.189 e. The van der Waals surface area contributed by atoms with Crippen LogP contribution in [0, 0.1) is 0 Å². The first kappa shape index (κ1) is 12.7. The molecule has 2 rings (SSSR count). The maximum atomic E-state index is 5.92. The Morgan fingerprint density at radius 1 is 1.29 bits per heavy atom. The van der Waals surface area contributed by atoms with E-state index in [2.05, 4.69) is 36.1 Å². The number of piperidine rings is 2. The molecule has 0 aliphatic carbocycles. The van der Waals surface area contributed by atoms with E-state index >= 15 is 0 Å². The van der Waals surface area contributed by atoms with E-state index in [1.54, 1.807) is 0 Å². The lowest BCUT2D eigenvalue weighted by atomic mass is 9.82. The number of nitrogens with one attached hydrogen (secondary N) is 1. The van der Waals surface area contributed by atoms with Crippen molar-refractivity contribution in [3.63, 3.8) is 0 Å². The van der Waals surface area contributed by atoms with Crippen LogP contribution in [0.1, 0.15) is 46.0 Å². The molecule has 2 heterocycles. The Morgan fingerprint density at radius 3 is 2.41 bits per heavy atom. The first-order valence-electron chi connectivity index (χ1n) is 6.88. The topological polar surface area (TPSA) is 53.6 Å². The van der Waals surface area contributed by atoms with E-state index in [1.807, 2.05) is 0 Å². The summed E-state index contributed by atoms with van der Waals surface area (Å²) in [4.78, 5) is 7.21. The summed E-state index contributed by atoms with van der Waals surface area (Å²) in [5, 5.41) is 3.18. The third kappa shape index (κ3) is 3.12. The van der Waals surface area contributed by atoms with Crippen LogP contribution < -0.4 is 11.1 Å². The Morgan fingerprint density at radius 2 is 1.88 bits per heavy atom. The third-order valence-corrected chi connectivity index (χ3v) is 4.07. The van der Waals surface area contributed by atoms with Gasteiger partial charge in [0, 0.05) is 18.1 Å². The standard InChI is InChI=1S/C13H26N4/c1-9(2)15-13(14)16-10-7-11-5-4-6-12(8-10)17(11)3/h9-12H,4-8H2,1-3H3,(H3,14,15,16). The molecule has 3 N–H and O–H groups in total. The zero-order valence-corrected chi connectivity index (χ0v) is 11.3. The molecule has 2 saturated heterocycles. The van der Waals surface area contributed by atoms with Gasteiger partial charge in [0.2, 0.25) is 0 Å². The number of hydrogen-bond donors (Lipinski definition) is 2. The molecule has 98 valence electrons. The molecule has 2 aliphatic heterocycles. The van der Waals surface area contributed by atoms with Crippen LogP contribution in [0.15, 0.2) is 4.99 Å². The van der Waals surface area contributed by atoms with Gasteiger partial charge in [-0.1, -0.05) is 6.42 Å². The molecule has 2 aliphatic rings. The van der Waals surface area contributed by atoms with E-state index in [0.717, 1.165) is 12.1 Å². The molecule has 4 nitrogen and oxygen atoms in total. The molecular formula is C13H26N4. The van der Waals surface area contributed by atoms with Crippen molar-refractivity contribution in [2.24, 2.45) is 10.7 Å². The number of guanidine groups is 1. The molecule has 2 bridgehead atoms. The van der Waals surface area contributed by atoms with Gasteiger partial charge in [0.15, 0.2) is 5.96 Å². The lowest BCUT2D eigenvalue weighted by molar-refractivity contribution is 0.0574. The summed E-state index contributed by atoms with van der Waals surface area (Å²) < 4.78 is 0. The molecule has 0 saturated carbocycles. The van der Waals surface area contributed by atoms with Crippen molar-refractivity contribution in [1.82, 2.24) is 10.2 Å². The fourth-order valence-corrected chi connectivity index (χ4v) is 3.22. The predicted octanol–water partition coefficient (Wildman–Crippen LogP) is 1.31. The summed E-state index contributed by atoms with van der Waals surface area (Å²) in [6.45, 7) is 4.18.